The van der Waals surface area contributed by atoms with E-state index in [2.05, 4.69) is 5.32 Å². The van der Waals surface area contributed by atoms with Crippen molar-refractivity contribution in [2.45, 2.75) is 26.8 Å². The van der Waals surface area contributed by atoms with E-state index in [1.807, 2.05) is 0 Å². The first-order valence-corrected chi connectivity index (χ1v) is 5.79. The summed E-state index contributed by atoms with van der Waals surface area (Å²) in [7, 11) is 1.80. The van der Waals surface area contributed by atoms with Crippen molar-refractivity contribution in [3.05, 3.63) is 27.0 Å². The predicted molar refractivity (Wildman–Crippen MR) is 68.9 cm³/mol. The van der Waals surface area contributed by atoms with E-state index in [9.17, 15) is 14.7 Å². The number of nitrogens with two attached hydrogens (primary N) is 1. The van der Waals surface area contributed by atoms with Crippen LogP contribution in [0.2, 0.25) is 0 Å². The Morgan fingerprint density at radius 1 is 1.39 bits per heavy atom. The highest BCUT2D eigenvalue weighted by Gasteiger charge is 2.19. The molecule has 0 spiro atoms. The fourth-order valence-corrected chi connectivity index (χ4v) is 1.87. The Kier molecular flexibility index (Phi) is 4.49. The Balaban J connectivity index is 3.34. The Bertz CT molecular complexity index is 520. The molecule has 0 radical (unpaired) electrons. The summed E-state index contributed by atoms with van der Waals surface area (Å²) in [6, 6.07) is 0. The van der Waals surface area contributed by atoms with Crippen LogP contribution in [0.15, 0.2) is 4.79 Å². The summed E-state index contributed by atoms with van der Waals surface area (Å²) in [5, 5.41) is 12.9. The van der Waals surface area contributed by atoms with Gasteiger partial charge in [-0.15, -0.1) is 0 Å². The maximum atomic E-state index is 12.0. The summed E-state index contributed by atoms with van der Waals surface area (Å²) >= 11 is 0. The van der Waals surface area contributed by atoms with E-state index in [1.165, 1.54) is 4.57 Å². The van der Waals surface area contributed by atoms with Crippen LogP contribution >= 0.6 is 0 Å². The number of carbonyl (C=O) groups excluding carboxylic acids is 1. The zero-order chi connectivity index (χ0) is 13.9. The van der Waals surface area contributed by atoms with E-state index in [0.29, 0.717) is 30.6 Å². The average Bonchev–Trinajstić information content (AvgIpc) is 2.30. The third-order valence-electron chi connectivity index (χ3n) is 3.04. The zero-order valence-electron chi connectivity index (χ0n) is 10.9. The Morgan fingerprint density at radius 3 is 2.50 bits per heavy atom. The normalized spacial score (nSPS) is 10.6. The van der Waals surface area contributed by atoms with Gasteiger partial charge in [-0.2, -0.15) is 0 Å². The number of hydrogen-bond acceptors (Lipinski definition) is 4. The molecule has 0 bridgehead atoms. The average molecular weight is 253 g/mol. The molecule has 4 N–H and O–H groups in total. The van der Waals surface area contributed by atoms with E-state index < -0.39 is 5.91 Å². The zero-order valence-corrected chi connectivity index (χ0v) is 10.9. The molecule has 6 nitrogen and oxygen atoms in total. The Labute approximate surface area is 105 Å². The van der Waals surface area contributed by atoms with Gasteiger partial charge in [0.2, 0.25) is 5.88 Å². The van der Waals surface area contributed by atoms with Crippen molar-refractivity contribution >= 4 is 5.91 Å². The molecule has 0 aliphatic rings. The van der Waals surface area contributed by atoms with Gasteiger partial charge in [-0.25, -0.2) is 0 Å². The van der Waals surface area contributed by atoms with Crippen molar-refractivity contribution in [2.75, 3.05) is 13.6 Å². The van der Waals surface area contributed by atoms with Crippen LogP contribution in [-0.2, 0) is 6.54 Å². The Hall–Kier alpha value is -1.82. The van der Waals surface area contributed by atoms with Gasteiger partial charge in [-0.1, -0.05) is 0 Å². The number of aromatic nitrogens is 1. The lowest BCUT2D eigenvalue weighted by Crippen LogP contribution is -2.28. The molecule has 18 heavy (non-hydrogen) atoms. The third-order valence-corrected chi connectivity index (χ3v) is 3.04. The minimum Gasteiger partial charge on any atom is -0.494 e. The number of hydrogen-bond donors (Lipinski definition) is 3. The van der Waals surface area contributed by atoms with Crippen molar-refractivity contribution < 1.29 is 9.90 Å². The molecule has 0 aliphatic heterocycles. The monoisotopic (exact) mass is 253 g/mol. The third kappa shape index (κ3) is 2.53. The predicted octanol–water partition coefficient (Wildman–Crippen LogP) is -0.121. The van der Waals surface area contributed by atoms with Crippen LogP contribution in [0, 0.1) is 13.8 Å². The molecular formula is C12H19N3O3. The number of amides is 1. The lowest BCUT2D eigenvalue weighted by atomic mass is 10.1. The molecule has 1 amide bonds. The van der Waals surface area contributed by atoms with Crippen LogP contribution in [0.3, 0.4) is 0 Å². The van der Waals surface area contributed by atoms with Gasteiger partial charge < -0.3 is 16.2 Å². The smallest absolute Gasteiger partial charge is 0.256 e. The van der Waals surface area contributed by atoms with Gasteiger partial charge in [0.25, 0.3) is 11.5 Å². The molecule has 0 aliphatic carbocycles. The highest BCUT2D eigenvalue weighted by molar-refractivity contribution is 5.96. The molecular weight excluding hydrogens is 234 g/mol. The minimum atomic E-state index is -0.726. The van der Waals surface area contributed by atoms with Crippen LogP contribution in [0.25, 0.3) is 0 Å². The second kappa shape index (κ2) is 5.68. The lowest BCUT2D eigenvalue weighted by Gasteiger charge is -2.15. The minimum absolute atomic E-state index is 0.0246. The van der Waals surface area contributed by atoms with E-state index in [4.69, 9.17) is 5.73 Å². The maximum Gasteiger partial charge on any atom is 0.256 e. The van der Waals surface area contributed by atoms with Crippen LogP contribution in [0.5, 0.6) is 5.88 Å². The van der Waals surface area contributed by atoms with Crippen molar-refractivity contribution in [3.63, 3.8) is 0 Å². The summed E-state index contributed by atoms with van der Waals surface area (Å²) in [5.41, 5.74) is 5.85. The second-order valence-corrected chi connectivity index (χ2v) is 4.23. The van der Waals surface area contributed by atoms with Crippen molar-refractivity contribution in [1.29, 1.82) is 0 Å². The summed E-state index contributed by atoms with van der Waals surface area (Å²) in [6.07, 6.45) is 0.671. The van der Waals surface area contributed by atoms with Crippen LogP contribution in [0.4, 0.5) is 0 Å². The number of pyridine rings is 1. The molecule has 100 valence electrons. The van der Waals surface area contributed by atoms with Crippen molar-refractivity contribution in [2.24, 2.45) is 5.73 Å². The second-order valence-electron chi connectivity index (χ2n) is 4.23. The molecule has 0 saturated carbocycles. The van der Waals surface area contributed by atoms with E-state index in [-0.39, 0.29) is 17.0 Å². The number of aromatic hydroxyl groups is 1. The number of carbonyl (C=O) groups is 1. The van der Waals surface area contributed by atoms with Gasteiger partial charge in [-0.05, 0) is 39.4 Å². The molecule has 0 saturated heterocycles. The van der Waals surface area contributed by atoms with Crippen LogP contribution in [0.1, 0.15) is 27.9 Å². The highest BCUT2D eigenvalue weighted by atomic mass is 16.3. The molecule has 1 heterocycles. The topological polar surface area (TPSA) is 97.3 Å². The van der Waals surface area contributed by atoms with Crippen LogP contribution in [-0.4, -0.2) is 29.2 Å². The van der Waals surface area contributed by atoms with Gasteiger partial charge in [0, 0.05) is 12.1 Å². The van der Waals surface area contributed by atoms with E-state index >= 15 is 0 Å². The largest absolute Gasteiger partial charge is 0.494 e. The highest BCUT2D eigenvalue weighted by Crippen LogP contribution is 2.20. The van der Waals surface area contributed by atoms with Gasteiger partial charge in [0.1, 0.15) is 5.56 Å². The summed E-state index contributed by atoms with van der Waals surface area (Å²) in [4.78, 5) is 23.3. The molecule has 6 heteroatoms. The summed E-state index contributed by atoms with van der Waals surface area (Å²) in [5.74, 6) is -1.07. The van der Waals surface area contributed by atoms with Crippen molar-refractivity contribution in [1.82, 2.24) is 9.88 Å². The quantitative estimate of drug-likeness (QED) is 0.637. The molecule has 0 atom stereocenters. The SMILES string of the molecule is CNCCCn1c(O)c(C(N)=O)c(C)c(C)c1=O. The van der Waals surface area contributed by atoms with Gasteiger partial charge in [-0.3, -0.25) is 14.2 Å². The van der Waals surface area contributed by atoms with Gasteiger partial charge in [0.15, 0.2) is 0 Å². The summed E-state index contributed by atoms with van der Waals surface area (Å²) < 4.78 is 1.19. The molecule has 1 aromatic heterocycles. The van der Waals surface area contributed by atoms with E-state index in [1.54, 1.807) is 20.9 Å². The molecule has 0 fully saturated rings. The summed E-state index contributed by atoms with van der Waals surface area (Å²) in [6.45, 7) is 4.28. The molecule has 1 rings (SSSR count). The van der Waals surface area contributed by atoms with E-state index in [0.717, 1.165) is 0 Å². The number of rotatable bonds is 5. The van der Waals surface area contributed by atoms with Gasteiger partial charge >= 0.3 is 0 Å². The first-order chi connectivity index (χ1) is 8.41. The maximum absolute atomic E-state index is 12.0. The Morgan fingerprint density at radius 2 is 2.00 bits per heavy atom. The standard InChI is InChI=1S/C12H19N3O3/c1-7-8(2)11(17)15(6-4-5-14-3)12(18)9(7)10(13)16/h14,18H,4-6H2,1-3H3,(H2,13,16). The fraction of sp³-hybridized carbons (Fsp3) is 0.500. The molecule has 0 aromatic carbocycles. The number of nitrogens with zero attached hydrogens (tertiary/aromatic N) is 1. The molecule has 1 aromatic rings. The van der Waals surface area contributed by atoms with Gasteiger partial charge in [0.05, 0.1) is 0 Å². The first kappa shape index (κ1) is 14.2. The number of primary amides is 1. The first-order valence-electron chi connectivity index (χ1n) is 5.79. The number of nitrogens with one attached hydrogen (secondary N) is 1. The lowest BCUT2D eigenvalue weighted by molar-refractivity contribution is 0.0995. The van der Waals surface area contributed by atoms with Crippen molar-refractivity contribution in [3.8, 4) is 5.88 Å². The molecule has 0 unspecified atom stereocenters. The fourth-order valence-electron chi connectivity index (χ4n) is 1.87. The van der Waals surface area contributed by atoms with Crippen LogP contribution < -0.4 is 16.6 Å².